The summed E-state index contributed by atoms with van der Waals surface area (Å²) >= 11 is 0. The lowest BCUT2D eigenvalue weighted by Crippen LogP contribution is -2.50. The molecule has 0 aliphatic carbocycles. The Morgan fingerprint density at radius 3 is 2.36 bits per heavy atom. The third kappa shape index (κ3) is 10.8. The summed E-state index contributed by atoms with van der Waals surface area (Å²) in [7, 11) is -4.06. The first kappa shape index (κ1) is 34.7. The fourth-order valence-corrected chi connectivity index (χ4v) is 6.02. The first-order chi connectivity index (χ1) is 20.6. The van der Waals surface area contributed by atoms with E-state index in [1.165, 1.54) is 18.2 Å². The van der Waals surface area contributed by atoms with Crippen molar-refractivity contribution < 1.29 is 47.2 Å². The van der Waals surface area contributed by atoms with Crippen LogP contribution in [0.25, 0.3) is 0 Å². The van der Waals surface area contributed by atoms with Gasteiger partial charge in [0, 0.05) is 25.7 Å². The smallest absolute Gasteiger partial charge is 0.407 e. The summed E-state index contributed by atoms with van der Waals surface area (Å²) in [4.78, 5) is 23.3. The van der Waals surface area contributed by atoms with Crippen LogP contribution < -0.4 is 24.8 Å². The Hall–Kier alpha value is -3.75. The molecule has 0 unspecified atom stereocenters. The maximum atomic E-state index is 13.6. The number of alkyl carbamates (subject to hydrolysis) is 1. The predicted molar refractivity (Wildman–Crippen MR) is 162 cm³/mol. The van der Waals surface area contributed by atoms with Crippen molar-refractivity contribution >= 4 is 22.2 Å². The Morgan fingerprint density at radius 2 is 1.73 bits per heavy atom. The zero-order valence-electron chi connectivity index (χ0n) is 25.7. The minimum Gasteiger partial charge on any atom is -0.494 e. The second-order valence-corrected chi connectivity index (χ2v) is 13.8. The number of nitrogens with zero attached hydrogens (tertiary/aromatic N) is 1. The van der Waals surface area contributed by atoms with Gasteiger partial charge in [-0.05, 0) is 69.4 Å². The van der Waals surface area contributed by atoms with Crippen molar-refractivity contribution in [2.45, 2.75) is 70.1 Å². The van der Waals surface area contributed by atoms with E-state index in [1.807, 2.05) is 13.8 Å². The summed E-state index contributed by atoms with van der Waals surface area (Å²) in [5, 5.41) is 25.6. The van der Waals surface area contributed by atoms with Gasteiger partial charge in [0.2, 0.25) is 16.8 Å². The van der Waals surface area contributed by atoms with Gasteiger partial charge in [-0.3, -0.25) is 0 Å². The molecule has 14 heteroatoms. The number of aliphatic hydroxyl groups excluding tert-OH is 1. The second-order valence-electron chi connectivity index (χ2n) is 11.8. The van der Waals surface area contributed by atoms with E-state index >= 15 is 0 Å². The van der Waals surface area contributed by atoms with Crippen LogP contribution in [0.1, 0.15) is 46.6 Å². The molecule has 4 N–H and O–H groups in total. The van der Waals surface area contributed by atoms with Gasteiger partial charge in [-0.15, -0.1) is 0 Å². The molecule has 3 rings (SSSR count). The molecule has 44 heavy (non-hydrogen) atoms. The van der Waals surface area contributed by atoms with Gasteiger partial charge in [-0.1, -0.05) is 26.0 Å². The summed E-state index contributed by atoms with van der Waals surface area (Å²) < 4.78 is 49.9. The van der Waals surface area contributed by atoms with Crippen molar-refractivity contribution in [1.29, 1.82) is 0 Å². The van der Waals surface area contributed by atoms with Gasteiger partial charge in [-0.2, -0.15) is 4.31 Å². The van der Waals surface area contributed by atoms with Crippen molar-refractivity contribution in [3.05, 3.63) is 48.0 Å². The molecule has 1 aliphatic heterocycles. The zero-order chi connectivity index (χ0) is 32.5. The number of carboxylic acid groups (broad SMARTS) is 1. The van der Waals surface area contributed by atoms with Crippen molar-refractivity contribution in [3.8, 4) is 17.2 Å². The minimum absolute atomic E-state index is 0.00374. The third-order valence-corrected chi connectivity index (χ3v) is 8.18. The highest BCUT2D eigenvalue weighted by Gasteiger charge is 2.32. The largest absolute Gasteiger partial charge is 0.494 e. The lowest BCUT2D eigenvalue weighted by atomic mass is 10.0. The lowest BCUT2D eigenvalue weighted by molar-refractivity contribution is 0.0525. The maximum absolute atomic E-state index is 13.6. The van der Waals surface area contributed by atoms with Gasteiger partial charge in [-0.25, -0.2) is 18.0 Å². The molecule has 2 amide bonds. The van der Waals surface area contributed by atoms with E-state index in [-0.39, 0.29) is 37.1 Å². The Labute approximate surface area is 258 Å². The molecule has 0 saturated carbocycles. The number of hydrogen-bond acceptors (Lipinski definition) is 9. The number of rotatable bonds is 15. The maximum Gasteiger partial charge on any atom is 0.407 e. The highest BCUT2D eigenvalue weighted by atomic mass is 32.2. The number of nitrogens with one attached hydrogen (secondary N) is 2. The monoisotopic (exact) mass is 637 g/mol. The molecule has 1 heterocycles. The van der Waals surface area contributed by atoms with Crippen molar-refractivity contribution in [1.82, 2.24) is 14.9 Å². The first-order valence-corrected chi connectivity index (χ1v) is 15.8. The number of carbonyl (C=O) groups excluding carboxylic acids is 1. The lowest BCUT2D eigenvalue weighted by Gasteiger charge is -2.30. The van der Waals surface area contributed by atoms with Crippen molar-refractivity contribution in [2.75, 3.05) is 33.0 Å². The van der Waals surface area contributed by atoms with E-state index in [0.717, 1.165) is 4.31 Å². The van der Waals surface area contributed by atoms with Gasteiger partial charge in [0.1, 0.15) is 11.4 Å². The Balaban J connectivity index is 1.61. The van der Waals surface area contributed by atoms with Crippen LogP contribution in [0.4, 0.5) is 9.59 Å². The molecule has 0 spiro atoms. The van der Waals surface area contributed by atoms with Crippen LogP contribution in [0.3, 0.4) is 0 Å². The van der Waals surface area contributed by atoms with Gasteiger partial charge >= 0.3 is 12.2 Å². The number of aliphatic hydroxyl groups is 1. The molecular formula is C30H43N3O10S. The standard InChI is InChI=1S/C30H43N3O10S/c1-20(2)17-33(44(38,39)23-11-12-26-27(16-23)42-19-41-26)18-25(34)24(32-28(35)36)15-21-7-9-22(10-8-21)40-14-6-13-31-29(37)43-30(3,4)5/h7-12,16,20,24-25,32,34H,6,13-15,17-19H2,1-5H3,(H,31,37)(H,35,36)/t24-,25-/m0/s1. The minimum atomic E-state index is -4.06. The fourth-order valence-electron chi connectivity index (χ4n) is 4.38. The van der Waals surface area contributed by atoms with Crippen molar-refractivity contribution in [2.24, 2.45) is 5.92 Å². The van der Waals surface area contributed by atoms with Crippen LogP contribution >= 0.6 is 0 Å². The summed E-state index contributed by atoms with van der Waals surface area (Å²) in [6, 6.07) is 10.2. The Kier molecular flexibility index (Phi) is 12.1. The number of amides is 2. The predicted octanol–water partition coefficient (Wildman–Crippen LogP) is 3.60. The van der Waals surface area contributed by atoms with Gasteiger partial charge in [0.15, 0.2) is 11.5 Å². The SMILES string of the molecule is CC(C)CN(C[C@H](O)[C@H](Cc1ccc(OCCCNC(=O)OC(C)(C)C)cc1)NC(=O)O)S(=O)(=O)c1ccc2c(c1)OCO2. The second kappa shape index (κ2) is 15.3. The molecular weight excluding hydrogens is 594 g/mol. The topological polar surface area (TPSA) is 173 Å². The summed E-state index contributed by atoms with van der Waals surface area (Å²) in [6.45, 7) is 9.55. The van der Waals surface area contributed by atoms with Crippen LogP contribution in [-0.4, -0.2) is 85.9 Å². The van der Waals surface area contributed by atoms with E-state index in [1.54, 1.807) is 45.0 Å². The third-order valence-electron chi connectivity index (χ3n) is 6.35. The molecule has 0 saturated heterocycles. The number of benzene rings is 2. The molecule has 0 aromatic heterocycles. The average Bonchev–Trinajstić information content (AvgIpc) is 3.39. The van der Waals surface area contributed by atoms with Crippen LogP contribution in [0.15, 0.2) is 47.4 Å². The number of carbonyl (C=O) groups is 2. The summed E-state index contributed by atoms with van der Waals surface area (Å²) in [5.41, 5.74) is 0.132. The highest BCUT2D eigenvalue weighted by Crippen LogP contribution is 2.35. The van der Waals surface area contributed by atoms with E-state index in [4.69, 9.17) is 18.9 Å². The van der Waals surface area contributed by atoms with Crippen LogP contribution in [0.2, 0.25) is 0 Å². The van der Waals surface area contributed by atoms with E-state index in [2.05, 4.69) is 10.6 Å². The Bertz CT molecular complexity index is 1360. The van der Waals surface area contributed by atoms with Crippen LogP contribution in [0.5, 0.6) is 17.2 Å². The summed E-state index contributed by atoms with van der Waals surface area (Å²) in [6.07, 6.45) is -2.54. The van der Waals surface area contributed by atoms with Crippen LogP contribution in [-0.2, 0) is 21.2 Å². The molecule has 2 atom stereocenters. The molecule has 0 radical (unpaired) electrons. The van der Waals surface area contributed by atoms with E-state index in [9.17, 15) is 28.2 Å². The molecule has 0 fully saturated rings. The van der Waals surface area contributed by atoms with Gasteiger partial charge < -0.3 is 39.8 Å². The number of sulfonamides is 1. The molecule has 2 aromatic carbocycles. The Morgan fingerprint density at radius 1 is 1.05 bits per heavy atom. The molecule has 0 bridgehead atoms. The quantitative estimate of drug-likeness (QED) is 0.211. The normalized spacial score (nSPS) is 14.3. The van der Waals surface area contributed by atoms with Gasteiger partial charge in [0.05, 0.1) is 23.6 Å². The van der Waals surface area contributed by atoms with E-state index in [0.29, 0.717) is 42.4 Å². The average molecular weight is 638 g/mol. The van der Waals surface area contributed by atoms with Gasteiger partial charge in [0.25, 0.3) is 0 Å². The molecule has 1 aliphatic rings. The van der Waals surface area contributed by atoms with Crippen molar-refractivity contribution in [3.63, 3.8) is 0 Å². The first-order valence-electron chi connectivity index (χ1n) is 14.4. The van der Waals surface area contributed by atoms with Crippen LogP contribution in [0, 0.1) is 5.92 Å². The summed E-state index contributed by atoms with van der Waals surface area (Å²) in [5.74, 6) is 1.26. The number of ether oxygens (including phenoxy) is 4. The number of hydrogen-bond donors (Lipinski definition) is 4. The zero-order valence-corrected chi connectivity index (χ0v) is 26.6. The molecule has 13 nitrogen and oxygen atoms in total. The number of fused-ring (bicyclic) bond motifs is 1. The molecule has 244 valence electrons. The fraction of sp³-hybridized carbons (Fsp3) is 0.533. The highest BCUT2D eigenvalue weighted by molar-refractivity contribution is 7.89. The molecule has 2 aromatic rings. The van der Waals surface area contributed by atoms with E-state index < -0.39 is 40.0 Å².